The summed E-state index contributed by atoms with van der Waals surface area (Å²) in [6.07, 6.45) is 5.79. The molecule has 9 heavy (non-hydrogen) atoms. The third-order valence-corrected chi connectivity index (χ3v) is 1.95. The molecule has 0 bridgehead atoms. The van der Waals surface area contributed by atoms with Crippen molar-refractivity contribution in [2.45, 2.75) is 19.4 Å². The average Bonchev–Trinajstić information content (AvgIpc) is 1.91. The van der Waals surface area contributed by atoms with Crippen LogP contribution < -0.4 is 0 Å². The minimum Gasteiger partial charge on any atom is -0.288 e. The fourth-order valence-corrected chi connectivity index (χ4v) is 1.23. The topological polar surface area (TPSA) is 9.23 Å². The van der Waals surface area contributed by atoms with Crippen LogP contribution in [0.4, 0.5) is 0 Å². The van der Waals surface area contributed by atoms with Crippen LogP contribution in [0.1, 0.15) is 13.3 Å². The molecule has 0 spiro atoms. The van der Waals surface area contributed by atoms with Gasteiger partial charge in [-0.05, 0) is 17.1 Å². The summed E-state index contributed by atoms with van der Waals surface area (Å²) in [6, 6.07) is 0. The van der Waals surface area contributed by atoms with Crippen LogP contribution in [0.5, 0.6) is 0 Å². The summed E-state index contributed by atoms with van der Waals surface area (Å²) in [7, 11) is 6.28. The maximum Gasteiger partial charge on any atom is 0.133 e. The maximum atomic E-state index is 5.25. The van der Waals surface area contributed by atoms with Gasteiger partial charge in [-0.2, -0.15) is 0 Å². The summed E-state index contributed by atoms with van der Waals surface area (Å²) in [4.78, 5) is 0. The van der Waals surface area contributed by atoms with Crippen molar-refractivity contribution in [1.82, 2.24) is 0 Å². The highest BCUT2D eigenvalue weighted by molar-refractivity contribution is 8.83. The molecule has 1 unspecified atom stereocenters. The highest BCUT2D eigenvalue weighted by atomic mass is 35.7. The molecule has 1 nitrogen and oxygen atoms in total. The Hall–Kier alpha value is 0.510. The summed E-state index contributed by atoms with van der Waals surface area (Å²) in [5, 5.41) is 0. The first-order valence-electron chi connectivity index (χ1n) is 2.42. The second kappa shape index (κ2) is 6.63. The lowest BCUT2D eigenvalue weighted by Gasteiger charge is -2.03. The molecule has 0 aliphatic carbocycles. The van der Waals surface area contributed by atoms with Crippen LogP contribution in [-0.2, 0) is 4.18 Å². The second-order valence-electron chi connectivity index (χ2n) is 1.29. The molecule has 0 aromatic heterocycles. The van der Waals surface area contributed by atoms with E-state index in [-0.39, 0.29) is 6.10 Å². The van der Waals surface area contributed by atoms with Crippen LogP contribution in [-0.4, -0.2) is 6.10 Å². The Morgan fingerprint density at radius 1 is 1.89 bits per heavy atom. The molecule has 0 N–H and O–H groups in total. The van der Waals surface area contributed by atoms with Gasteiger partial charge in [0.15, 0.2) is 0 Å². The Balaban J connectivity index is 3.23. The van der Waals surface area contributed by atoms with E-state index in [1.165, 1.54) is 0 Å². The standard InChI is InChI=1S/C5H7ClOS2/c1-3-5(4-2)7-9-8-6/h1,5H,4H2,2H3. The Bertz CT molecular complexity index is 102. The Morgan fingerprint density at radius 3 is 2.89 bits per heavy atom. The van der Waals surface area contributed by atoms with Crippen molar-refractivity contribution >= 4 is 31.8 Å². The first-order valence-corrected chi connectivity index (χ1v) is 5.32. The quantitative estimate of drug-likeness (QED) is 0.376. The number of terminal acetylenes is 1. The van der Waals surface area contributed by atoms with Crippen LogP contribution in [0, 0.1) is 12.3 Å². The van der Waals surface area contributed by atoms with Crippen molar-refractivity contribution in [2.75, 3.05) is 0 Å². The monoisotopic (exact) mass is 182 g/mol. The third kappa shape index (κ3) is 4.98. The van der Waals surface area contributed by atoms with Crippen molar-refractivity contribution in [2.24, 2.45) is 0 Å². The van der Waals surface area contributed by atoms with E-state index < -0.39 is 0 Å². The zero-order valence-corrected chi connectivity index (χ0v) is 7.35. The van der Waals surface area contributed by atoms with Crippen molar-refractivity contribution in [1.29, 1.82) is 0 Å². The molecule has 0 fully saturated rings. The van der Waals surface area contributed by atoms with Crippen molar-refractivity contribution in [3.63, 3.8) is 0 Å². The molecule has 0 aliphatic rings. The second-order valence-corrected chi connectivity index (χ2v) is 3.67. The first kappa shape index (κ1) is 9.51. The van der Waals surface area contributed by atoms with E-state index in [1.54, 1.807) is 0 Å². The molecular weight excluding hydrogens is 176 g/mol. The molecule has 0 saturated heterocycles. The highest BCUT2D eigenvalue weighted by Crippen LogP contribution is 2.27. The SMILES string of the molecule is C#CC(CC)OSSCl. The Labute approximate surface area is 68.0 Å². The molecule has 0 aromatic carbocycles. The van der Waals surface area contributed by atoms with Crippen molar-refractivity contribution in [3.8, 4) is 12.3 Å². The third-order valence-electron chi connectivity index (χ3n) is 0.738. The average molecular weight is 183 g/mol. The summed E-state index contributed by atoms with van der Waals surface area (Å²) in [5.74, 6) is 2.47. The zero-order valence-electron chi connectivity index (χ0n) is 4.96. The molecule has 0 rings (SSSR count). The summed E-state index contributed by atoms with van der Waals surface area (Å²) < 4.78 is 5.00. The van der Waals surface area contributed by atoms with Crippen molar-refractivity contribution < 1.29 is 4.18 Å². The lowest BCUT2D eigenvalue weighted by Crippen LogP contribution is -2.01. The lowest BCUT2D eigenvalue weighted by molar-refractivity contribution is 0.307. The van der Waals surface area contributed by atoms with Gasteiger partial charge >= 0.3 is 0 Å². The number of halogens is 1. The molecule has 0 amide bonds. The van der Waals surface area contributed by atoms with Gasteiger partial charge in [-0.3, -0.25) is 4.18 Å². The van der Waals surface area contributed by atoms with E-state index in [0.29, 0.717) is 0 Å². The maximum absolute atomic E-state index is 5.25. The van der Waals surface area contributed by atoms with E-state index in [1.807, 2.05) is 6.92 Å². The number of hydrogen-bond acceptors (Lipinski definition) is 3. The van der Waals surface area contributed by atoms with Gasteiger partial charge in [-0.1, -0.05) is 12.8 Å². The normalized spacial score (nSPS) is 12.6. The van der Waals surface area contributed by atoms with Crippen LogP contribution in [0.3, 0.4) is 0 Å². The van der Waals surface area contributed by atoms with E-state index in [0.717, 1.165) is 27.5 Å². The summed E-state index contributed by atoms with van der Waals surface area (Å²) >= 11 is 1.10. The summed E-state index contributed by atoms with van der Waals surface area (Å²) in [5.41, 5.74) is 0. The molecule has 0 aromatic rings. The molecular formula is C5H7ClOS2. The van der Waals surface area contributed by atoms with Gasteiger partial charge in [0.25, 0.3) is 0 Å². The van der Waals surface area contributed by atoms with Gasteiger partial charge in [0.05, 0.1) is 11.1 Å². The van der Waals surface area contributed by atoms with E-state index >= 15 is 0 Å². The molecule has 52 valence electrons. The van der Waals surface area contributed by atoms with Gasteiger partial charge in [-0.15, -0.1) is 6.42 Å². The molecule has 1 atom stereocenters. The molecule has 0 aliphatic heterocycles. The summed E-state index contributed by atoms with van der Waals surface area (Å²) in [6.45, 7) is 1.96. The highest BCUT2D eigenvalue weighted by Gasteiger charge is 2.00. The predicted molar refractivity (Wildman–Crippen MR) is 45.0 cm³/mol. The predicted octanol–water partition coefficient (Wildman–Crippen LogP) is 2.87. The Morgan fingerprint density at radius 2 is 2.56 bits per heavy atom. The minimum absolute atomic E-state index is 0.110. The fourth-order valence-electron chi connectivity index (χ4n) is 0.276. The van der Waals surface area contributed by atoms with Gasteiger partial charge < -0.3 is 0 Å². The smallest absolute Gasteiger partial charge is 0.133 e. The van der Waals surface area contributed by atoms with E-state index in [4.69, 9.17) is 21.3 Å². The van der Waals surface area contributed by atoms with Gasteiger partial charge in [-0.25, -0.2) is 0 Å². The zero-order chi connectivity index (χ0) is 7.11. The largest absolute Gasteiger partial charge is 0.288 e. The van der Waals surface area contributed by atoms with E-state index in [2.05, 4.69) is 5.92 Å². The van der Waals surface area contributed by atoms with Gasteiger partial charge in [0.1, 0.15) is 6.10 Å². The lowest BCUT2D eigenvalue weighted by atomic mass is 10.3. The van der Waals surface area contributed by atoms with Crippen molar-refractivity contribution in [3.05, 3.63) is 0 Å². The Kier molecular flexibility index (Phi) is 7.00. The fraction of sp³-hybridized carbons (Fsp3) is 0.600. The molecule has 4 heteroatoms. The van der Waals surface area contributed by atoms with Crippen LogP contribution >= 0.6 is 31.8 Å². The van der Waals surface area contributed by atoms with Crippen LogP contribution in [0.25, 0.3) is 0 Å². The van der Waals surface area contributed by atoms with Gasteiger partial charge in [0.2, 0.25) is 0 Å². The van der Waals surface area contributed by atoms with Crippen LogP contribution in [0.2, 0.25) is 0 Å². The van der Waals surface area contributed by atoms with Crippen LogP contribution in [0.15, 0.2) is 0 Å². The molecule has 0 radical (unpaired) electrons. The van der Waals surface area contributed by atoms with Gasteiger partial charge in [0, 0.05) is 10.0 Å². The molecule has 0 saturated carbocycles. The first-order chi connectivity index (χ1) is 4.35. The minimum atomic E-state index is -0.110. The van der Waals surface area contributed by atoms with E-state index in [9.17, 15) is 0 Å². The number of rotatable bonds is 4. The number of hydrogen-bond donors (Lipinski definition) is 0. The molecule has 0 heterocycles.